The molecule has 0 bridgehead atoms. The van der Waals surface area contributed by atoms with Crippen molar-refractivity contribution in [1.29, 1.82) is 0 Å². The number of rotatable bonds is 4. The second-order valence-electron chi connectivity index (χ2n) is 10.5. The first-order valence-corrected chi connectivity index (χ1v) is 15.2. The van der Waals surface area contributed by atoms with E-state index in [0.717, 1.165) is 8.64 Å². The zero-order chi connectivity index (χ0) is 22.8. The minimum atomic E-state index is 0. The Balaban J connectivity index is 0.000000608. The van der Waals surface area contributed by atoms with E-state index in [-0.39, 0.29) is 48.1 Å². The molecular weight excluding hydrogens is 629 g/mol. The van der Waals surface area contributed by atoms with Gasteiger partial charge in [-0.05, 0) is 51.4 Å². The first kappa shape index (κ1) is 36.6. The summed E-state index contributed by atoms with van der Waals surface area (Å²) in [6.07, 6.45) is 27.0. The molecule has 35 heavy (non-hydrogen) atoms. The van der Waals surface area contributed by atoms with Crippen LogP contribution in [0.1, 0.15) is 128 Å². The van der Waals surface area contributed by atoms with Crippen LogP contribution < -0.4 is 0 Å². The van der Waals surface area contributed by atoms with Gasteiger partial charge in [0, 0.05) is 45.2 Å². The summed E-state index contributed by atoms with van der Waals surface area (Å²) in [7, 11) is 0. The zero-order valence-corrected chi connectivity index (χ0v) is 28.1. The molecule has 0 aromatic heterocycles. The third kappa shape index (κ3) is 12.1. The van der Waals surface area contributed by atoms with Gasteiger partial charge < -0.3 is 86.5 Å². The number of thiocarbonyl (C=S) groups is 2. The fourth-order valence-electron chi connectivity index (χ4n) is 6.63. The van der Waals surface area contributed by atoms with Crippen LogP contribution in [0, 0.1) is 0 Å². The fraction of sp³-hybridized carbons (Fsp3) is 0.923. The van der Waals surface area contributed by atoms with Gasteiger partial charge in [-0.25, -0.2) is 0 Å². The summed E-state index contributed by atoms with van der Waals surface area (Å²) in [6, 6.07) is 2.67. The number of nitrogens with zero attached hydrogens (tertiary/aromatic N) is 2. The topological polar surface area (TPSA) is 6.48 Å². The summed E-state index contributed by atoms with van der Waals surface area (Å²) in [5.41, 5.74) is 0. The molecule has 2 nitrogen and oxygen atoms in total. The van der Waals surface area contributed by atoms with E-state index in [1.54, 1.807) is 0 Å². The fourth-order valence-corrected chi connectivity index (χ4v) is 7.82. The van der Waals surface area contributed by atoms with E-state index in [2.05, 4.69) is 9.80 Å². The van der Waals surface area contributed by atoms with E-state index >= 15 is 0 Å². The van der Waals surface area contributed by atoms with E-state index < -0.39 is 0 Å². The van der Waals surface area contributed by atoms with Crippen molar-refractivity contribution < 1.29 is 21.1 Å². The van der Waals surface area contributed by atoms with Crippen molar-refractivity contribution in [1.82, 2.24) is 9.80 Å². The quantitative estimate of drug-likeness (QED) is 0.172. The third-order valence-corrected chi connectivity index (χ3v) is 9.14. The molecule has 4 fully saturated rings. The third-order valence-electron chi connectivity index (χ3n) is 8.29. The molecule has 206 valence electrons. The standard InChI is InChI=1S/2C13H23NS2.Mo.2S/c2*15-13(16)14(11-7-3-1-4-8-11)12-9-5-2-6-10-12;;;/h2*11-12H,1-10H2,(H,15,16);;;/q;;;2*-2/p-2. The van der Waals surface area contributed by atoms with Crippen LogP contribution in [0.4, 0.5) is 0 Å². The molecule has 4 aliphatic carbocycles. The summed E-state index contributed by atoms with van der Waals surface area (Å²) in [4.78, 5) is 4.87. The van der Waals surface area contributed by atoms with Crippen LogP contribution in [0.3, 0.4) is 0 Å². The first-order valence-electron chi connectivity index (χ1n) is 13.6. The second-order valence-corrected chi connectivity index (χ2v) is 12.6. The molecule has 0 unspecified atom stereocenters. The van der Waals surface area contributed by atoms with Crippen molar-refractivity contribution in [3.8, 4) is 0 Å². The average Bonchev–Trinajstić information content (AvgIpc) is 2.82. The van der Waals surface area contributed by atoms with Crippen molar-refractivity contribution in [2.75, 3.05) is 0 Å². The molecule has 0 radical (unpaired) electrons. The van der Waals surface area contributed by atoms with Gasteiger partial charge in [0.25, 0.3) is 0 Å². The molecule has 0 saturated heterocycles. The van der Waals surface area contributed by atoms with Crippen LogP contribution in [0.25, 0.3) is 0 Å². The Hall–Kier alpha value is 1.61. The van der Waals surface area contributed by atoms with Crippen molar-refractivity contribution >= 4 is 85.3 Å². The van der Waals surface area contributed by atoms with Crippen LogP contribution in [-0.4, -0.2) is 42.6 Å². The first-order chi connectivity index (χ1) is 15.6. The molecule has 0 spiro atoms. The Kier molecular flexibility index (Phi) is 21.4. The average molecular weight is 673 g/mol. The van der Waals surface area contributed by atoms with E-state index in [4.69, 9.17) is 49.7 Å². The van der Waals surface area contributed by atoms with Gasteiger partial charge in [-0.2, -0.15) is 0 Å². The Morgan fingerprint density at radius 2 is 0.600 bits per heavy atom. The smallest absolute Gasteiger partial charge is 0.0277 e. The van der Waals surface area contributed by atoms with Crippen molar-refractivity contribution in [3.63, 3.8) is 0 Å². The van der Waals surface area contributed by atoms with Crippen molar-refractivity contribution in [3.05, 3.63) is 0 Å². The van der Waals surface area contributed by atoms with E-state index in [1.165, 1.54) is 128 Å². The van der Waals surface area contributed by atoms with Crippen LogP contribution in [0.5, 0.6) is 0 Å². The number of hydrogen-bond donors (Lipinski definition) is 0. The summed E-state index contributed by atoms with van der Waals surface area (Å²) in [6.45, 7) is 0. The van der Waals surface area contributed by atoms with Gasteiger partial charge in [-0.15, -0.1) is 0 Å². The summed E-state index contributed by atoms with van der Waals surface area (Å²) in [5.74, 6) is 0. The molecule has 0 N–H and O–H groups in total. The van der Waals surface area contributed by atoms with Crippen LogP contribution in [0.15, 0.2) is 0 Å². The molecule has 9 heteroatoms. The van der Waals surface area contributed by atoms with Gasteiger partial charge in [0.2, 0.25) is 0 Å². The van der Waals surface area contributed by atoms with Crippen molar-refractivity contribution in [2.24, 2.45) is 0 Å². The van der Waals surface area contributed by atoms with E-state index in [0.29, 0.717) is 24.2 Å². The zero-order valence-electron chi connectivity index (χ0n) is 21.2. The maximum absolute atomic E-state index is 5.32. The molecular formula is C26H44MoN2S6-6. The predicted octanol–water partition coefficient (Wildman–Crippen LogP) is 7.56. The van der Waals surface area contributed by atoms with Crippen LogP contribution in [-0.2, 0) is 73.3 Å². The molecule has 0 aliphatic heterocycles. The van der Waals surface area contributed by atoms with Crippen LogP contribution in [0.2, 0.25) is 0 Å². The minimum Gasteiger partial charge on any atom is -2.00 e. The minimum absolute atomic E-state index is 0. The summed E-state index contributed by atoms with van der Waals surface area (Å²) >= 11 is 21.3. The monoisotopic (exact) mass is 674 g/mol. The number of hydrogen-bond acceptors (Lipinski definition) is 4. The van der Waals surface area contributed by atoms with Gasteiger partial charge >= 0.3 is 0 Å². The second kappa shape index (κ2) is 20.5. The largest absolute Gasteiger partial charge is 2.00 e. The van der Waals surface area contributed by atoms with E-state index in [1.807, 2.05) is 0 Å². The van der Waals surface area contributed by atoms with Gasteiger partial charge in [-0.3, -0.25) is 0 Å². The molecule has 4 saturated carbocycles. The Morgan fingerprint density at radius 1 is 0.429 bits per heavy atom. The molecule has 4 aliphatic rings. The summed E-state index contributed by atoms with van der Waals surface area (Å²) < 4.78 is 1.47. The Labute approximate surface area is 266 Å². The van der Waals surface area contributed by atoms with Gasteiger partial charge in [0.05, 0.1) is 0 Å². The van der Waals surface area contributed by atoms with Gasteiger partial charge in [0.15, 0.2) is 0 Å². The molecule has 0 aromatic carbocycles. The van der Waals surface area contributed by atoms with Gasteiger partial charge in [0.1, 0.15) is 0 Å². The predicted molar refractivity (Wildman–Crippen MR) is 166 cm³/mol. The normalized spacial score (nSPS) is 22.2. The molecule has 0 atom stereocenters. The van der Waals surface area contributed by atoms with Gasteiger partial charge in [-0.1, -0.05) is 85.7 Å². The van der Waals surface area contributed by atoms with Crippen molar-refractivity contribution in [2.45, 2.75) is 153 Å². The molecule has 4 rings (SSSR count). The maximum atomic E-state index is 5.32. The maximum Gasteiger partial charge on any atom is 0.0277 e. The van der Waals surface area contributed by atoms with Crippen LogP contribution >= 0.6 is 24.4 Å². The Morgan fingerprint density at radius 3 is 0.743 bits per heavy atom. The molecule has 0 amide bonds. The molecule has 0 aromatic rings. The van der Waals surface area contributed by atoms with E-state index in [9.17, 15) is 0 Å². The molecule has 0 heterocycles. The SMILES string of the molecule is S=C([S-])N(C1CCCCC1)C1CCCCC1.S=C([S-])N(C1CCCCC1)C1CCCCC1.[Mo].[S-2].[S-2]. The summed E-state index contributed by atoms with van der Waals surface area (Å²) in [5, 5.41) is 0. The Bertz CT molecular complexity index is 486.